The summed E-state index contributed by atoms with van der Waals surface area (Å²) in [5, 5.41) is 0. The van der Waals surface area contributed by atoms with Gasteiger partial charge in [0, 0.05) is 13.2 Å². The van der Waals surface area contributed by atoms with Gasteiger partial charge in [-0.3, -0.25) is 0 Å². The molecule has 1 unspecified atom stereocenters. The van der Waals surface area contributed by atoms with E-state index in [1.54, 1.807) is 4.31 Å². The molecular formula is C12H23NO4S. The molecule has 1 atom stereocenters. The normalized spacial score (nSPS) is 30.2. The third kappa shape index (κ3) is 3.23. The number of ether oxygens (including phenoxy) is 2. The standard InChI is InChI=1S/C12H23NO4S/c1-12(2)10-16-8-6-13(12)18(14,15)9-11-5-3-4-7-17-11/h11H,3-10H2,1-2H3. The van der Waals surface area contributed by atoms with Crippen LogP contribution in [0, 0.1) is 0 Å². The lowest BCUT2D eigenvalue weighted by atomic mass is 10.1. The Bertz CT molecular complexity index is 374. The van der Waals surface area contributed by atoms with Gasteiger partial charge in [0.25, 0.3) is 0 Å². The van der Waals surface area contributed by atoms with Crippen LogP contribution in [0.25, 0.3) is 0 Å². The van der Waals surface area contributed by atoms with E-state index in [0.29, 0.717) is 26.4 Å². The van der Waals surface area contributed by atoms with E-state index in [9.17, 15) is 8.42 Å². The van der Waals surface area contributed by atoms with Crippen LogP contribution < -0.4 is 0 Å². The minimum absolute atomic E-state index is 0.108. The monoisotopic (exact) mass is 277 g/mol. The van der Waals surface area contributed by atoms with Crippen molar-refractivity contribution in [2.45, 2.75) is 44.8 Å². The van der Waals surface area contributed by atoms with E-state index in [-0.39, 0.29) is 11.9 Å². The van der Waals surface area contributed by atoms with E-state index < -0.39 is 15.6 Å². The lowest BCUT2D eigenvalue weighted by molar-refractivity contribution is -0.00992. The molecular weight excluding hydrogens is 254 g/mol. The molecule has 0 aliphatic carbocycles. The molecule has 0 aromatic heterocycles. The van der Waals surface area contributed by atoms with E-state index in [1.807, 2.05) is 13.8 Å². The van der Waals surface area contributed by atoms with Crippen LogP contribution in [0.3, 0.4) is 0 Å². The molecule has 2 rings (SSSR count). The molecule has 2 fully saturated rings. The molecule has 106 valence electrons. The maximum atomic E-state index is 12.5. The third-order valence-electron chi connectivity index (χ3n) is 3.58. The Labute approximate surface area is 109 Å². The largest absolute Gasteiger partial charge is 0.378 e. The molecule has 0 N–H and O–H groups in total. The Balaban J connectivity index is 2.04. The maximum absolute atomic E-state index is 12.5. The molecule has 6 heteroatoms. The fourth-order valence-corrected chi connectivity index (χ4v) is 4.69. The second-order valence-corrected chi connectivity index (χ2v) is 7.64. The second-order valence-electron chi connectivity index (χ2n) is 5.70. The molecule has 0 saturated carbocycles. The van der Waals surface area contributed by atoms with Gasteiger partial charge in [0.05, 0.1) is 30.6 Å². The van der Waals surface area contributed by atoms with E-state index in [1.165, 1.54) is 0 Å². The highest BCUT2D eigenvalue weighted by Crippen LogP contribution is 2.25. The van der Waals surface area contributed by atoms with Crippen molar-refractivity contribution >= 4 is 10.0 Å². The van der Waals surface area contributed by atoms with Gasteiger partial charge in [-0.05, 0) is 33.1 Å². The molecule has 5 nitrogen and oxygen atoms in total. The van der Waals surface area contributed by atoms with Gasteiger partial charge in [0.15, 0.2) is 0 Å². The summed E-state index contributed by atoms with van der Waals surface area (Å²) in [6.07, 6.45) is 2.82. The van der Waals surface area contributed by atoms with E-state index in [4.69, 9.17) is 9.47 Å². The van der Waals surface area contributed by atoms with Crippen LogP contribution >= 0.6 is 0 Å². The van der Waals surface area contributed by atoms with Crippen molar-refractivity contribution in [3.05, 3.63) is 0 Å². The molecule has 2 heterocycles. The van der Waals surface area contributed by atoms with Crippen molar-refractivity contribution in [3.63, 3.8) is 0 Å². The number of sulfonamides is 1. The predicted octanol–water partition coefficient (Wildman–Crippen LogP) is 0.996. The lowest BCUT2D eigenvalue weighted by Crippen LogP contribution is -2.56. The van der Waals surface area contributed by atoms with Crippen LogP contribution in [0.5, 0.6) is 0 Å². The zero-order valence-corrected chi connectivity index (χ0v) is 12.0. The summed E-state index contributed by atoms with van der Waals surface area (Å²) < 4.78 is 37.4. The van der Waals surface area contributed by atoms with Gasteiger partial charge < -0.3 is 9.47 Å². The SMILES string of the molecule is CC1(C)COCCN1S(=O)(=O)CC1CCCCO1. The molecule has 0 aromatic carbocycles. The van der Waals surface area contributed by atoms with Gasteiger partial charge in [-0.15, -0.1) is 0 Å². The molecule has 18 heavy (non-hydrogen) atoms. The number of rotatable bonds is 3. The predicted molar refractivity (Wildman–Crippen MR) is 69.0 cm³/mol. The van der Waals surface area contributed by atoms with Crippen molar-refractivity contribution in [2.24, 2.45) is 0 Å². The Morgan fingerprint density at radius 2 is 2.06 bits per heavy atom. The van der Waals surface area contributed by atoms with Gasteiger partial charge in [-0.2, -0.15) is 4.31 Å². The van der Waals surface area contributed by atoms with Gasteiger partial charge in [-0.1, -0.05) is 0 Å². The second kappa shape index (κ2) is 5.45. The van der Waals surface area contributed by atoms with Crippen molar-refractivity contribution in [3.8, 4) is 0 Å². The van der Waals surface area contributed by atoms with Gasteiger partial charge >= 0.3 is 0 Å². The fraction of sp³-hybridized carbons (Fsp3) is 1.00. The maximum Gasteiger partial charge on any atom is 0.217 e. The van der Waals surface area contributed by atoms with Crippen molar-refractivity contribution < 1.29 is 17.9 Å². The minimum Gasteiger partial charge on any atom is -0.378 e. The summed E-state index contributed by atoms with van der Waals surface area (Å²) in [5.41, 5.74) is -0.453. The van der Waals surface area contributed by atoms with Crippen LogP contribution in [-0.4, -0.2) is 56.5 Å². The van der Waals surface area contributed by atoms with Crippen LogP contribution in [0.4, 0.5) is 0 Å². The highest BCUT2D eigenvalue weighted by atomic mass is 32.2. The quantitative estimate of drug-likeness (QED) is 0.772. The van der Waals surface area contributed by atoms with Gasteiger partial charge in [0.1, 0.15) is 0 Å². The molecule has 2 saturated heterocycles. The highest BCUT2D eigenvalue weighted by Gasteiger charge is 2.40. The summed E-state index contributed by atoms with van der Waals surface area (Å²) in [4.78, 5) is 0. The number of nitrogens with zero attached hydrogens (tertiary/aromatic N) is 1. The molecule has 0 aromatic rings. The number of hydrogen-bond acceptors (Lipinski definition) is 4. The molecule has 0 amide bonds. The van der Waals surface area contributed by atoms with E-state index >= 15 is 0 Å². The Morgan fingerprint density at radius 3 is 2.67 bits per heavy atom. The van der Waals surface area contributed by atoms with E-state index in [0.717, 1.165) is 19.3 Å². The average Bonchev–Trinajstić information content (AvgIpc) is 2.28. The third-order valence-corrected chi connectivity index (χ3v) is 5.72. The molecule has 0 spiro atoms. The van der Waals surface area contributed by atoms with Crippen LogP contribution in [-0.2, 0) is 19.5 Å². The minimum atomic E-state index is -3.26. The first-order chi connectivity index (χ1) is 8.42. The van der Waals surface area contributed by atoms with Gasteiger partial charge in [0.2, 0.25) is 10.0 Å². The fourth-order valence-electron chi connectivity index (χ4n) is 2.62. The molecule has 0 radical (unpaired) electrons. The first-order valence-corrected chi connectivity index (χ1v) is 8.23. The Hall–Kier alpha value is -0.170. The number of hydrogen-bond donors (Lipinski definition) is 0. The Kier molecular flexibility index (Phi) is 4.31. The van der Waals surface area contributed by atoms with Crippen LogP contribution in [0.1, 0.15) is 33.1 Å². The van der Waals surface area contributed by atoms with E-state index in [2.05, 4.69) is 0 Å². The topological polar surface area (TPSA) is 55.8 Å². The van der Waals surface area contributed by atoms with Gasteiger partial charge in [-0.25, -0.2) is 8.42 Å². The zero-order valence-electron chi connectivity index (χ0n) is 11.2. The zero-order chi connectivity index (χ0) is 13.2. The lowest BCUT2D eigenvalue weighted by Gasteiger charge is -2.41. The smallest absolute Gasteiger partial charge is 0.217 e. The highest BCUT2D eigenvalue weighted by molar-refractivity contribution is 7.89. The summed E-state index contributed by atoms with van der Waals surface area (Å²) in [7, 11) is -3.26. The summed E-state index contributed by atoms with van der Waals surface area (Å²) in [6.45, 7) is 5.89. The van der Waals surface area contributed by atoms with Crippen molar-refractivity contribution in [1.82, 2.24) is 4.31 Å². The van der Waals surface area contributed by atoms with Crippen molar-refractivity contribution in [2.75, 3.05) is 32.1 Å². The first-order valence-electron chi connectivity index (χ1n) is 6.62. The molecule has 2 aliphatic rings. The summed E-state index contributed by atoms with van der Waals surface area (Å²) in [6, 6.07) is 0. The van der Waals surface area contributed by atoms with Crippen LogP contribution in [0.2, 0.25) is 0 Å². The first kappa shape index (κ1) is 14.2. The Morgan fingerprint density at radius 1 is 1.28 bits per heavy atom. The molecule has 2 aliphatic heterocycles. The average molecular weight is 277 g/mol. The summed E-state index contributed by atoms with van der Waals surface area (Å²) in [5.74, 6) is 0.108. The van der Waals surface area contributed by atoms with Crippen molar-refractivity contribution in [1.29, 1.82) is 0 Å². The summed E-state index contributed by atoms with van der Waals surface area (Å²) >= 11 is 0. The molecule has 0 bridgehead atoms. The number of morpholine rings is 1. The van der Waals surface area contributed by atoms with Crippen LogP contribution in [0.15, 0.2) is 0 Å².